The minimum atomic E-state index is -1.16. The van der Waals surface area contributed by atoms with E-state index in [9.17, 15) is 9.59 Å². The summed E-state index contributed by atoms with van der Waals surface area (Å²) >= 11 is 0. The number of furan rings is 1. The predicted octanol–water partition coefficient (Wildman–Crippen LogP) is 2.72. The van der Waals surface area contributed by atoms with Crippen molar-refractivity contribution in [2.24, 2.45) is 0 Å². The summed E-state index contributed by atoms with van der Waals surface area (Å²) in [4.78, 5) is 34.8. The lowest BCUT2D eigenvalue weighted by Crippen LogP contribution is -2.60. The number of benzene rings is 1. The quantitative estimate of drug-likeness (QED) is 0.598. The third-order valence-corrected chi connectivity index (χ3v) is 6.44. The highest BCUT2D eigenvalue weighted by molar-refractivity contribution is 5.96. The van der Waals surface area contributed by atoms with Crippen LogP contribution in [0.1, 0.15) is 27.4 Å². The molecule has 0 saturated carbocycles. The molecule has 0 bridgehead atoms. The first-order valence-electron chi connectivity index (χ1n) is 10.9. The number of amides is 2. The van der Waals surface area contributed by atoms with Crippen molar-refractivity contribution < 1.29 is 23.5 Å². The fourth-order valence-electron chi connectivity index (χ4n) is 4.74. The molecule has 3 aromatic rings. The molecule has 2 saturated heterocycles. The molecule has 2 amide bonds. The van der Waals surface area contributed by atoms with Crippen molar-refractivity contribution in [2.75, 3.05) is 33.4 Å². The molecule has 0 radical (unpaired) electrons. The first-order chi connectivity index (χ1) is 16.1. The maximum atomic E-state index is 13.9. The Hall–Kier alpha value is -3.65. The summed E-state index contributed by atoms with van der Waals surface area (Å²) in [5.41, 5.74) is 1.17. The molecule has 2 aliphatic heterocycles. The molecule has 1 aromatic carbocycles. The Morgan fingerprint density at radius 1 is 1.24 bits per heavy atom. The van der Waals surface area contributed by atoms with Crippen LogP contribution in [0.4, 0.5) is 0 Å². The number of methoxy groups -OCH3 is 1. The molecule has 33 heavy (non-hydrogen) atoms. The molecule has 2 aliphatic rings. The standard InChI is InChI=1S/C25H25N3O5/c1-31-21-6-4-18(5-7-21)14-27-10-12-33-25(24(27)30)17-28(23(29)20-8-11-32-16-20)15-22(25)19-3-2-9-26-13-19/h2-9,11,13,16,22H,10,12,14-15,17H2,1H3/t22-,25-/m0/s1. The molecular formula is C25H25N3O5. The van der Waals surface area contributed by atoms with Crippen LogP contribution in [0.2, 0.25) is 0 Å². The second-order valence-corrected chi connectivity index (χ2v) is 8.35. The summed E-state index contributed by atoms with van der Waals surface area (Å²) < 4.78 is 16.6. The van der Waals surface area contributed by atoms with Crippen LogP contribution in [0.5, 0.6) is 5.75 Å². The number of ether oxygens (including phenoxy) is 2. The molecule has 2 atom stereocenters. The second-order valence-electron chi connectivity index (χ2n) is 8.35. The van der Waals surface area contributed by atoms with Gasteiger partial charge in [-0.15, -0.1) is 0 Å². The SMILES string of the molecule is COc1ccc(CN2CCO[C@]3(CN(C(=O)c4ccoc4)C[C@H]3c3cccnc3)C2=O)cc1. The number of carbonyl (C=O) groups excluding carboxylic acids is 2. The van der Waals surface area contributed by atoms with Gasteiger partial charge in [-0.3, -0.25) is 14.6 Å². The van der Waals surface area contributed by atoms with Crippen LogP contribution in [-0.2, 0) is 16.1 Å². The molecule has 0 aliphatic carbocycles. The monoisotopic (exact) mass is 447 g/mol. The number of pyridine rings is 1. The Labute approximate surface area is 191 Å². The first-order valence-corrected chi connectivity index (χ1v) is 10.9. The van der Waals surface area contributed by atoms with E-state index < -0.39 is 5.60 Å². The summed E-state index contributed by atoms with van der Waals surface area (Å²) in [6, 6.07) is 13.1. The van der Waals surface area contributed by atoms with E-state index in [2.05, 4.69) is 4.98 Å². The van der Waals surface area contributed by atoms with Crippen molar-refractivity contribution >= 4 is 11.8 Å². The first kappa shape index (κ1) is 21.2. The highest BCUT2D eigenvalue weighted by Crippen LogP contribution is 2.42. The van der Waals surface area contributed by atoms with Crippen LogP contribution < -0.4 is 4.74 Å². The van der Waals surface area contributed by atoms with Gasteiger partial charge in [0.1, 0.15) is 12.0 Å². The molecule has 5 rings (SSSR count). The van der Waals surface area contributed by atoms with Crippen LogP contribution in [0.15, 0.2) is 71.8 Å². The minimum Gasteiger partial charge on any atom is -0.497 e. The number of rotatable bonds is 5. The number of likely N-dealkylation sites (tertiary alicyclic amines) is 1. The van der Waals surface area contributed by atoms with Gasteiger partial charge < -0.3 is 23.7 Å². The van der Waals surface area contributed by atoms with Gasteiger partial charge in [0.2, 0.25) is 0 Å². The normalized spacial score (nSPS) is 22.7. The average Bonchev–Trinajstić information content (AvgIpc) is 3.52. The van der Waals surface area contributed by atoms with E-state index in [0.717, 1.165) is 16.9 Å². The van der Waals surface area contributed by atoms with Crippen LogP contribution >= 0.6 is 0 Å². The average molecular weight is 447 g/mol. The number of morpholine rings is 1. The van der Waals surface area contributed by atoms with Gasteiger partial charge in [0.25, 0.3) is 11.8 Å². The van der Waals surface area contributed by atoms with Gasteiger partial charge >= 0.3 is 0 Å². The Kier molecular flexibility index (Phi) is 5.60. The van der Waals surface area contributed by atoms with E-state index in [0.29, 0.717) is 31.8 Å². The molecule has 170 valence electrons. The Balaban J connectivity index is 1.45. The van der Waals surface area contributed by atoms with E-state index in [4.69, 9.17) is 13.9 Å². The second kappa shape index (κ2) is 8.71. The van der Waals surface area contributed by atoms with Gasteiger partial charge in [0.15, 0.2) is 5.60 Å². The van der Waals surface area contributed by atoms with Crippen molar-refractivity contribution in [1.82, 2.24) is 14.8 Å². The lowest BCUT2D eigenvalue weighted by Gasteiger charge is -2.42. The summed E-state index contributed by atoms with van der Waals surface area (Å²) in [7, 11) is 1.62. The maximum absolute atomic E-state index is 13.9. The Morgan fingerprint density at radius 3 is 2.79 bits per heavy atom. The van der Waals surface area contributed by atoms with Crippen LogP contribution in [-0.4, -0.2) is 65.6 Å². The maximum Gasteiger partial charge on any atom is 0.257 e. The third-order valence-electron chi connectivity index (χ3n) is 6.44. The van der Waals surface area contributed by atoms with Gasteiger partial charge in [-0.25, -0.2) is 0 Å². The molecule has 0 N–H and O–H groups in total. The smallest absolute Gasteiger partial charge is 0.257 e. The summed E-state index contributed by atoms with van der Waals surface area (Å²) in [6.45, 7) is 1.88. The summed E-state index contributed by atoms with van der Waals surface area (Å²) in [5.74, 6) is 0.150. The fourth-order valence-corrected chi connectivity index (χ4v) is 4.74. The van der Waals surface area contributed by atoms with E-state index in [1.807, 2.05) is 41.3 Å². The summed E-state index contributed by atoms with van der Waals surface area (Å²) in [6.07, 6.45) is 6.33. The molecular weight excluding hydrogens is 422 g/mol. The van der Waals surface area contributed by atoms with E-state index in [1.54, 1.807) is 30.5 Å². The lowest BCUT2D eigenvalue weighted by molar-refractivity contribution is -0.172. The number of carbonyl (C=O) groups is 2. The highest BCUT2D eigenvalue weighted by Gasteiger charge is 2.58. The third kappa shape index (κ3) is 3.87. The number of aromatic nitrogens is 1. The largest absolute Gasteiger partial charge is 0.497 e. The molecule has 8 nitrogen and oxygen atoms in total. The lowest BCUT2D eigenvalue weighted by atomic mass is 9.83. The summed E-state index contributed by atoms with van der Waals surface area (Å²) in [5, 5.41) is 0. The zero-order chi connectivity index (χ0) is 22.8. The topological polar surface area (TPSA) is 85.1 Å². The molecule has 2 fully saturated rings. The number of nitrogens with zero attached hydrogens (tertiary/aromatic N) is 3. The van der Waals surface area contributed by atoms with Crippen LogP contribution in [0, 0.1) is 0 Å². The molecule has 2 aromatic heterocycles. The predicted molar refractivity (Wildman–Crippen MR) is 119 cm³/mol. The zero-order valence-corrected chi connectivity index (χ0v) is 18.3. The molecule has 0 unspecified atom stereocenters. The van der Waals surface area contributed by atoms with Crippen molar-refractivity contribution in [2.45, 2.75) is 18.1 Å². The molecule has 8 heteroatoms. The Morgan fingerprint density at radius 2 is 2.09 bits per heavy atom. The van der Waals surface area contributed by atoms with Crippen molar-refractivity contribution in [3.63, 3.8) is 0 Å². The number of hydrogen-bond donors (Lipinski definition) is 0. The van der Waals surface area contributed by atoms with Gasteiger partial charge in [-0.05, 0) is 35.4 Å². The van der Waals surface area contributed by atoms with E-state index >= 15 is 0 Å². The van der Waals surface area contributed by atoms with E-state index in [-0.39, 0.29) is 24.3 Å². The van der Waals surface area contributed by atoms with Crippen molar-refractivity contribution in [3.05, 3.63) is 84.1 Å². The molecule has 1 spiro atoms. The van der Waals surface area contributed by atoms with Gasteiger partial charge in [0, 0.05) is 37.9 Å². The van der Waals surface area contributed by atoms with Gasteiger partial charge in [-0.1, -0.05) is 18.2 Å². The van der Waals surface area contributed by atoms with Crippen molar-refractivity contribution in [3.8, 4) is 5.75 Å². The van der Waals surface area contributed by atoms with Crippen LogP contribution in [0.3, 0.4) is 0 Å². The minimum absolute atomic E-state index is 0.110. The molecule has 4 heterocycles. The van der Waals surface area contributed by atoms with Crippen LogP contribution in [0.25, 0.3) is 0 Å². The fraction of sp³-hybridized carbons (Fsp3) is 0.320. The Bertz CT molecular complexity index is 1120. The number of hydrogen-bond acceptors (Lipinski definition) is 6. The highest BCUT2D eigenvalue weighted by atomic mass is 16.5. The van der Waals surface area contributed by atoms with Gasteiger partial charge in [0.05, 0.1) is 32.1 Å². The van der Waals surface area contributed by atoms with Crippen molar-refractivity contribution in [1.29, 1.82) is 0 Å². The van der Waals surface area contributed by atoms with Gasteiger partial charge in [-0.2, -0.15) is 0 Å². The van der Waals surface area contributed by atoms with E-state index in [1.165, 1.54) is 12.5 Å². The zero-order valence-electron chi connectivity index (χ0n) is 18.3.